The van der Waals surface area contributed by atoms with E-state index in [-0.39, 0.29) is 11.8 Å². The van der Waals surface area contributed by atoms with E-state index in [9.17, 15) is 13.2 Å². The number of halogens is 3. The van der Waals surface area contributed by atoms with E-state index in [4.69, 9.17) is 0 Å². The molecule has 0 N–H and O–H groups in total. The lowest BCUT2D eigenvalue weighted by Gasteiger charge is -2.22. The minimum atomic E-state index is -4.50. The summed E-state index contributed by atoms with van der Waals surface area (Å²) >= 11 is 0. The number of hydrogen-bond donors (Lipinski definition) is 0. The van der Waals surface area contributed by atoms with E-state index in [2.05, 4.69) is 15.1 Å². The molecule has 1 aliphatic rings. The SMILES string of the molecule is CN(C)c1cc(C(F)(F)F)nc(N2CCCC=N2)n1. The maximum absolute atomic E-state index is 12.8. The van der Waals surface area contributed by atoms with Gasteiger partial charge < -0.3 is 4.90 Å². The largest absolute Gasteiger partial charge is 0.433 e. The number of anilines is 2. The van der Waals surface area contributed by atoms with Crippen LogP contribution in [0.15, 0.2) is 11.2 Å². The molecule has 0 amide bonds. The molecule has 0 spiro atoms. The van der Waals surface area contributed by atoms with Crippen LogP contribution in [0.4, 0.5) is 24.9 Å². The van der Waals surface area contributed by atoms with Gasteiger partial charge in [0.1, 0.15) is 5.82 Å². The highest BCUT2D eigenvalue weighted by Gasteiger charge is 2.34. The van der Waals surface area contributed by atoms with Crippen LogP contribution in [0.2, 0.25) is 0 Å². The summed E-state index contributed by atoms with van der Waals surface area (Å²) in [5.41, 5.74) is -0.957. The van der Waals surface area contributed by atoms with E-state index in [1.165, 1.54) is 9.91 Å². The van der Waals surface area contributed by atoms with E-state index < -0.39 is 11.9 Å². The minimum absolute atomic E-state index is 0.0190. The Kier molecular flexibility index (Phi) is 3.59. The van der Waals surface area contributed by atoms with Gasteiger partial charge in [0.05, 0.1) is 0 Å². The van der Waals surface area contributed by atoms with Crippen molar-refractivity contribution in [1.29, 1.82) is 0 Å². The number of hydrazone groups is 1. The quantitative estimate of drug-likeness (QED) is 0.828. The predicted molar refractivity (Wildman–Crippen MR) is 66.4 cm³/mol. The molecule has 19 heavy (non-hydrogen) atoms. The molecule has 5 nitrogen and oxygen atoms in total. The molecule has 8 heteroatoms. The Morgan fingerprint density at radius 3 is 2.53 bits per heavy atom. The molecule has 0 radical (unpaired) electrons. The molecule has 0 fully saturated rings. The average Bonchev–Trinajstić information content (AvgIpc) is 2.38. The number of rotatable bonds is 2. The maximum Gasteiger partial charge on any atom is 0.433 e. The average molecular weight is 273 g/mol. The molecular formula is C11H14F3N5. The minimum Gasteiger partial charge on any atom is -0.363 e. The Morgan fingerprint density at radius 1 is 1.26 bits per heavy atom. The maximum atomic E-state index is 12.8. The molecule has 0 aliphatic carbocycles. The van der Waals surface area contributed by atoms with Gasteiger partial charge in [0, 0.05) is 32.9 Å². The van der Waals surface area contributed by atoms with E-state index in [1.807, 2.05) is 0 Å². The van der Waals surface area contributed by atoms with Crippen molar-refractivity contribution in [3.8, 4) is 0 Å². The van der Waals surface area contributed by atoms with Gasteiger partial charge in [-0.2, -0.15) is 23.3 Å². The third kappa shape index (κ3) is 3.12. The lowest BCUT2D eigenvalue weighted by molar-refractivity contribution is -0.141. The fourth-order valence-corrected chi connectivity index (χ4v) is 1.61. The Morgan fingerprint density at radius 2 is 2.00 bits per heavy atom. The van der Waals surface area contributed by atoms with Crippen molar-refractivity contribution >= 4 is 18.0 Å². The topological polar surface area (TPSA) is 44.6 Å². The fourth-order valence-electron chi connectivity index (χ4n) is 1.61. The van der Waals surface area contributed by atoms with Gasteiger partial charge in [-0.3, -0.25) is 0 Å². The Labute approximate surface area is 108 Å². The second-order valence-electron chi connectivity index (χ2n) is 4.37. The predicted octanol–water partition coefficient (Wildman–Crippen LogP) is 2.15. The fraction of sp³-hybridized carbons (Fsp3) is 0.545. The molecule has 2 rings (SSSR count). The number of alkyl halides is 3. The summed E-state index contributed by atoms with van der Waals surface area (Å²) in [6.45, 7) is 0.519. The summed E-state index contributed by atoms with van der Waals surface area (Å²) < 4.78 is 38.4. The van der Waals surface area contributed by atoms with Crippen molar-refractivity contribution < 1.29 is 13.2 Å². The van der Waals surface area contributed by atoms with Crippen LogP contribution >= 0.6 is 0 Å². The third-order valence-corrected chi connectivity index (χ3v) is 2.60. The highest BCUT2D eigenvalue weighted by molar-refractivity contribution is 5.60. The molecular weight excluding hydrogens is 259 g/mol. The van der Waals surface area contributed by atoms with Crippen LogP contribution in [-0.2, 0) is 6.18 Å². The van der Waals surface area contributed by atoms with Gasteiger partial charge in [-0.25, -0.2) is 9.99 Å². The lowest BCUT2D eigenvalue weighted by atomic mass is 10.3. The van der Waals surface area contributed by atoms with Gasteiger partial charge >= 0.3 is 6.18 Å². The van der Waals surface area contributed by atoms with Crippen LogP contribution in [0.25, 0.3) is 0 Å². The molecule has 0 saturated heterocycles. The second-order valence-corrected chi connectivity index (χ2v) is 4.37. The van der Waals surface area contributed by atoms with Gasteiger partial charge in [-0.1, -0.05) is 0 Å². The molecule has 0 unspecified atom stereocenters. The molecule has 2 heterocycles. The van der Waals surface area contributed by atoms with Crippen LogP contribution in [0.3, 0.4) is 0 Å². The lowest BCUT2D eigenvalue weighted by Crippen LogP contribution is -2.26. The van der Waals surface area contributed by atoms with Gasteiger partial charge in [-0.05, 0) is 12.8 Å². The van der Waals surface area contributed by atoms with Crippen LogP contribution < -0.4 is 9.91 Å². The molecule has 0 saturated carbocycles. The van der Waals surface area contributed by atoms with Crippen molar-refractivity contribution in [1.82, 2.24) is 9.97 Å². The molecule has 1 aromatic heterocycles. The summed E-state index contributed by atoms with van der Waals surface area (Å²) in [7, 11) is 3.26. The Bertz CT molecular complexity index is 484. The smallest absolute Gasteiger partial charge is 0.363 e. The van der Waals surface area contributed by atoms with Gasteiger partial charge in [0.2, 0.25) is 5.95 Å². The van der Waals surface area contributed by atoms with Crippen LogP contribution in [0, 0.1) is 0 Å². The van der Waals surface area contributed by atoms with Gasteiger partial charge in [-0.15, -0.1) is 0 Å². The highest BCUT2D eigenvalue weighted by atomic mass is 19.4. The first kappa shape index (κ1) is 13.6. The van der Waals surface area contributed by atoms with Crippen molar-refractivity contribution in [3.63, 3.8) is 0 Å². The number of aromatic nitrogens is 2. The first-order chi connectivity index (χ1) is 8.88. The zero-order chi connectivity index (χ0) is 14.0. The van der Waals surface area contributed by atoms with E-state index in [0.717, 1.165) is 18.9 Å². The summed E-state index contributed by atoms with van der Waals surface area (Å²) in [6, 6.07) is 0.928. The number of nitrogens with zero attached hydrogens (tertiary/aromatic N) is 5. The van der Waals surface area contributed by atoms with E-state index in [1.54, 1.807) is 20.3 Å². The van der Waals surface area contributed by atoms with E-state index >= 15 is 0 Å². The summed E-state index contributed by atoms with van der Waals surface area (Å²) in [4.78, 5) is 9.17. The first-order valence-corrected chi connectivity index (χ1v) is 5.81. The van der Waals surface area contributed by atoms with Crippen molar-refractivity contribution in [2.45, 2.75) is 19.0 Å². The summed E-state index contributed by atoms with van der Waals surface area (Å²) in [5.74, 6) is 0.188. The monoisotopic (exact) mass is 273 g/mol. The first-order valence-electron chi connectivity index (χ1n) is 5.81. The molecule has 104 valence electrons. The molecule has 0 bridgehead atoms. The third-order valence-electron chi connectivity index (χ3n) is 2.60. The zero-order valence-electron chi connectivity index (χ0n) is 10.6. The van der Waals surface area contributed by atoms with Gasteiger partial charge in [0.15, 0.2) is 5.69 Å². The normalized spacial score (nSPS) is 15.7. The van der Waals surface area contributed by atoms with Crippen LogP contribution in [-0.4, -0.2) is 36.8 Å². The highest BCUT2D eigenvalue weighted by Crippen LogP contribution is 2.31. The molecule has 0 atom stereocenters. The Hall–Kier alpha value is -1.86. The standard InChI is InChI=1S/C11H14F3N5/c1-18(2)9-7-8(11(12,13)14)16-10(17-9)19-6-4-3-5-15-19/h5,7H,3-4,6H2,1-2H3. The van der Waals surface area contributed by atoms with Crippen molar-refractivity contribution in [2.75, 3.05) is 30.5 Å². The zero-order valence-corrected chi connectivity index (χ0v) is 10.6. The second kappa shape index (κ2) is 5.02. The van der Waals surface area contributed by atoms with Crippen LogP contribution in [0.5, 0.6) is 0 Å². The molecule has 0 aromatic carbocycles. The summed E-state index contributed by atoms with van der Waals surface area (Å²) in [6.07, 6.45) is -1.21. The van der Waals surface area contributed by atoms with Crippen molar-refractivity contribution in [3.05, 3.63) is 11.8 Å². The summed E-state index contributed by atoms with van der Waals surface area (Å²) in [5, 5.41) is 5.42. The molecule has 1 aliphatic heterocycles. The number of hydrogen-bond acceptors (Lipinski definition) is 5. The molecule has 1 aromatic rings. The van der Waals surface area contributed by atoms with Gasteiger partial charge in [0.25, 0.3) is 0 Å². The van der Waals surface area contributed by atoms with E-state index in [0.29, 0.717) is 6.54 Å². The Balaban J connectivity index is 2.45. The van der Waals surface area contributed by atoms with Crippen LogP contribution in [0.1, 0.15) is 18.5 Å². The van der Waals surface area contributed by atoms with Crippen molar-refractivity contribution in [2.24, 2.45) is 5.10 Å².